The molecule has 0 bridgehead atoms. The summed E-state index contributed by atoms with van der Waals surface area (Å²) >= 11 is 0. The number of rotatable bonds is 4. The highest BCUT2D eigenvalue weighted by Gasteiger charge is 2.21. The predicted molar refractivity (Wildman–Crippen MR) is 105 cm³/mol. The maximum Gasteiger partial charge on any atom is 0.201 e. The minimum atomic E-state index is -0.985. The molecule has 1 saturated carbocycles. The molecule has 1 fully saturated rings. The largest absolute Gasteiger partial charge is 0.491 e. The van der Waals surface area contributed by atoms with Crippen LogP contribution in [0.5, 0.6) is 5.75 Å². The molecule has 0 N–H and O–H groups in total. The molecule has 0 amide bonds. The molecule has 0 aliphatic heterocycles. The zero-order valence-electron chi connectivity index (χ0n) is 16.0. The average molecular weight is 368 g/mol. The van der Waals surface area contributed by atoms with Crippen LogP contribution in [0.15, 0.2) is 36.4 Å². The van der Waals surface area contributed by atoms with Gasteiger partial charge in [0, 0.05) is 5.56 Å². The maximum absolute atomic E-state index is 14.1. The summed E-state index contributed by atoms with van der Waals surface area (Å²) in [6.45, 7) is 4.29. The first-order valence-electron chi connectivity index (χ1n) is 9.85. The van der Waals surface area contributed by atoms with E-state index in [4.69, 9.17) is 4.74 Å². The third-order valence-corrected chi connectivity index (χ3v) is 5.49. The molecule has 0 saturated heterocycles. The van der Waals surface area contributed by atoms with E-state index < -0.39 is 11.6 Å². The summed E-state index contributed by atoms with van der Waals surface area (Å²) in [4.78, 5) is 0. The number of ether oxygens (including phenoxy) is 1. The smallest absolute Gasteiger partial charge is 0.201 e. The van der Waals surface area contributed by atoms with Crippen molar-refractivity contribution in [2.75, 3.05) is 6.61 Å². The van der Waals surface area contributed by atoms with Gasteiger partial charge in [0.1, 0.15) is 0 Å². The lowest BCUT2D eigenvalue weighted by molar-refractivity contribution is 0.314. The van der Waals surface area contributed by atoms with Gasteiger partial charge in [-0.05, 0) is 74.3 Å². The Morgan fingerprint density at radius 3 is 2.22 bits per heavy atom. The van der Waals surface area contributed by atoms with Gasteiger partial charge < -0.3 is 4.74 Å². The highest BCUT2D eigenvalue weighted by molar-refractivity contribution is 5.46. The Morgan fingerprint density at radius 1 is 0.889 bits per heavy atom. The summed E-state index contributed by atoms with van der Waals surface area (Å²) in [5, 5.41) is 0. The number of halogens is 2. The SMILES string of the molecule is CCOc1ccc(C#Cc2ccc(C3CCC(CC)CC3)cc2)c(F)c1F. The summed E-state index contributed by atoms with van der Waals surface area (Å²) in [6.07, 6.45) is 6.40. The second-order valence-corrected chi connectivity index (χ2v) is 7.17. The highest BCUT2D eigenvalue weighted by Crippen LogP contribution is 2.36. The fourth-order valence-corrected chi connectivity index (χ4v) is 3.78. The molecule has 142 valence electrons. The van der Waals surface area contributed by atoms with E-state index >= 15 is 0 Å². The summed E-state index contributed by atoms with van der Waals surface area (Å²) in [6, 6.07) is 11.1. The number of hydrogen-bond acceptors (Lipinski definition) is 1. The van der Waals surface area contributed by atoms with Crippen LogP contribution in [0.1, 0.15) is 68.6 Å². The summed E-state index contributed by atoms with van der Waals surface area (Å²) < 4.78 is 33.1. The molecular formula is C24H26F2O. The molecule has 0 unspecified atom stereocenters. The van der Waals surface area contributed by atoms with Gasteiger partial charge in [-0.1, -0.05) is 37.3 Å². The van der Waals surface area contributed by atoms with Gasteiger partial charge in [0.25, 0.3) is 0 Å². The number of benzene rings is 2. The molecule has 2 aromatic carbocycles. The quantitative estimate of drug-likeness (QED) is 0.564. The molecule has 0 heterocycles. The van der Waals surface area contributed by atoms with Crippen LogP contribution in [-0.4, -0.2) is 6.61 Å². The van der Waals surface area contributed by atoms with Crippen LogP contribution in [0.2, 0.25) is 0 Å². The maximum atomic E-state index is 14.1. The Bertz CT molecular complexity index is 822. The van der Waals surface area contributed by atoms with E-state index in [1.807, 2.05) is 12.1 Å². The lowest BCUT2D eigenvalue weighted by atomic mass is 9.78. The molecule has 27 heavy (non-hydrogen) atoms. The second-order valence-electron chi connectivity index (χ2n) is 7.17. The van der Waals surface area contributed by atoms with E-state index in [1.54, 1.807) is 6.92 Å². The van der Waals surface area contributed by atoms with Gasteiger partial charge in [0.2, 0.25) is 5.82 Å². The molecule has 0 radical (unpaired) electrons. The molecule has 1 nitrogen and oxygen atoms in total. The lowest BCUT2D eigenvalue weighted by Gasteiger charge is -2.28. The monoisotopic (exact) mass is 368 g/mol. The van der Waals surface area contributed by atoms with Crippen LogP contribution in [0.4, 0.5) is 8.78 Å². The first-order valence-corrected chi connectivity index (χ1v) is 9.85. The van der Waals surface area contributed by atoms with Crippen LogP contribution >= 0.6 is 0 Å². The van der Waals surface area contributed by atoms with Gasteiger partial charge in [0.05, 0.1) is 12.2 Å². The van der Waals surface area contributed by atoms with E-state index in [1.165, 1.54) is 49.8 Å². The van der Waals surface area contributed by atoms with Crippen molar-refractivity contribution in [1.82, 2.24) is 0 Å². The predicted octanol–water partition coefficient (Wildman–Crippen LogP) is 6.45. The second kappa shape index (κ2) is 9.04. The first-order chi connectivity index (χ1) is 13.1. The zero-order valence-corrected chi connectivity index (χ0v) is 16.0. The topological polar surface area (TPSA) is 9.23 Å². The highest BCUT2D eigenvalue weighted by atomic mass is 19.2. The van der Waals surface area contributed by atoms with Gasteiger partial charge in [-0.2, -0.15) is 4.39 Å². The molecule has 0 aromatic heterocycles. The molecule has 0 atom stereocenters. The molecule has 1 aliphatic rings. The first kappa shape index (κ1) is 19.4. The molecule has 3 heteroatoms. The van der Waals surface area contributed by atoms with E-state index in [9.17, 15) is 8.78 Å². The van der Waals surface area contributed by atoms with Gasteiger partial charge in [0.15, 0.2) is 11.6 Å². The third kappa shape index (κ3) is 4.69. The van der Waals surface area contributed by atoms with Crippen molar-refractivity contribution in [2.45, 2.75) is 51.9 Å². The molecule has 3 rings (SSSR count). The lowest BCUT2D eigenvalue weighted by Crippen LogP contribution is -2.12. The van der Waals surface area contributed by atoms with Gasteiger partial charge >= 0.3 is 0 Å². The van der Waals surface area contributed by atoms with Gasteiger partial charge in [-0.15, -0.1) is 0 Å². The Kier molecular flexibility index (Phi) is 6.50. The van der Waals surface area contributed by atoms with Crippen molar-refractivity contribution in [3.8, 4) is 17.6 Å². The van der Waals surface area contributed by atoms with Crippen molar-refractivity contribution in [1.29, 1.82) is 0 Å². The van der Waals surface area contributed by atoms with Crippen molar-refractivity contribution in [3.63, 3.8) is 0 Å². The summed E-state index contributed by atoms with van der Waals surface area (Å²) in [5.41, 5.74) is 2.20. The fraction of sp³-hybridized carbons (Fsp3) is 0.417. The minimum Gasteiger partial charge on any atom is -0.491 e. The standard InChI is InChI=1S/C24H26F2O/c1-3-17-5-10-19(11-6-17)20-12-7-18(8-13-20)9-14-21-15-16-22(27-4-2)24(26)23(21)25/h7-8,12-13,15-17,19H,3-6,10-11H2,1-2H3. The fourth-order valence-electron chi connectivity index (χ4n) is 3.78. The average Bonchev–Trinajstić information content (AvgIpc) is 2.71. The van der Waals surface area contributed by atoms with Gasteiger partial charge in [-0.25, -0.2) is 4.39 Å². The van der Waals surface area contributed by atoms with E-state index in [-0.39, 0.29) is 17.9 Å². The van der Waals surface area contributed by atoms with Crippen molar-refractivity contribution < 1.29 is 13.5 Å². The van der Waals surface area contributed by atoms with Crippen LogP contribution in [0, 0.1) is 29.4 Å². The van der Waals surface area contributed by atoms with Crippen LogP contribution < -0.4 is 4.74 Å². The van der Waals surface area contributed by atoms with Crippen LogP contribution in [0.25, 0.3) is 0 Å². The molecular weight excluding hydrogens is 342 g/mol. The summed E-state index contributed by atoms with van der Waals surface area (Å²) in [7, 11) is 0. The Labute approximate surface area is 160 Å². The Morgan fingerprint density at radius 2 is 1.59 bits per heavy atom. The minimum absolute atomic E-state index is 0.0397. The van der Waals surface area contributed by atoms with Crippen LogP contribution in [0.3, 0.4) is 0 Å². The molecule has 2 aromatic rings. The van der Waals surface area contributed by atoms with Crippen molar-refractivity contribution in [3.05, 3.63) is 64.7 Å². The van der Waals surface area contributed by atoms with Crippen LogP contribution in [-0.2, 0) is 0 Å². The number of hydrogen-bond donors (Lipinski definition) is 0. The molecule has 1 aliphatic carbocycles. The summed E-state index contributed by atoms with van der Waals surface area (Å²) in [5.74, 6) is 5.15. The van der Waals surface area contributed by atoms with E-state index in [2.05, 4.69) is 30.9 Å². The molecule has 0 spiro atoms. The Hall–Kier alpha value is -2.34. The van der Waals surface area contributed by atoms with E-state index in [0.29, 0.717) is 5.92 Å². The van der Waals surface area contributed by atoms with Gasteiger partial charge in [-0.3, -0.25) is 0 Å². The third-order valence-electron chi connectivity index (χ3n) is 5.49. The van der Waals surface area contributed by atoms with E-state index in [0.717, 1.165) is 11.5 Å². The van der Waals surface area contributed by atoms with Crippen molar-refractivity contribution >= 4 is 0 Å². The Balaban J connectivity index is 1.70. The zero-order chi connectivity index (χ0) is 19.2. The normalized spacial score (nSPS) is 19.3. The van der Waals surface area contributed by atoms with Crippen molar-refractivity contribution in [2.24, 2.45) is 5.92 Å².